The number of amides is 1. The zero-order valence-corrected chi connectivity index (χ0v) is 14.6. The molecule has 0 bridgehead atoms. The molecule has 2 heterocycles. The van der Waals surface area contributed by atoms with Gasteiger partial charge in [-0.25, -0.2) is 8.78 Å². The molecule has 0 spiro atoms. The number of hydrogen-bond donors (Lipinski definition) is 0. The molecule has 0 aliphatic carbocycles. The van der Waals surface area contributed by atoms with Crippen molar-refractivity contribution >= 4 is 22.5 Å². The Bertz CT molecular complexity index is 1050. The number of halogens is 2. The molecule has 132 valence electrons. The van der Waals surface area contributed by atoms with Crippen molar-refractivity contribution in [3.05, 3.63) is 70.4 Å². The highest BCUT2D eigenvalue weighted by Gasteiger charge is 2.28. The molecular weight excluding hydrogens is 334 g/mol. The number of carbonyl (C=O) groups excluding carboxylic acids is 1. The van der Waals surface area contributed by atoms with Gasteiger partial charge in [0, 0.05) is 18.0 Å². The summed E-state index contributed by atoms with van der Waals surface area (Å²) in [6.45, 7) is 4.16. The SMILES string of the molecule is Cc1ccc2nc(C)c(C(=O)N3CCCc4cc(F)cc(F)c43)cc2c1. The highest BCUT2D eigenvalue weighted by atomic mass is 19.1. The van der Waals surface area contributed by atoms with E-state index in [1.165, 1.54) is 11.0 Å². The van der Waals surface area contributed by atoms with E-state index in [2.05, 4.69) is 4.98 Å². The summed E-state index contributed by atoms with van der Waals surface area (Å²) in [6.07, 6.45) is 1.22. The summed E-state index contributed by atoms with van der Waals surface area (Å²) in [5, 5.41) is 0.871. The van der Waals surface area contributed by atoms with Crippen LogP contribution in [0.3, 0.4) is 0 Å². The predicted octanol–water partition coefficient (Wildman–Crippen LogP) is 4.72. The molecule has 0 saturated carbocycles. The number of fused-ring (bicyclic) bond motifs is 2. The topological polar surface area (TPSA) is 33.2 Å². The second-order valence-corrected chi connectivity index (χ2v) is 6.77. The van der Waals surface area contributed by atoms with Gasteiger partial charge in [-0.15, -0.1) is 0 Å². The Kier molecular flexibility index (Phi) is 3.94. The van der Waals surface area contributed by atoms with Crippen LogP contribution in [0.15, 0.2) is 36.4 Å². The first kappa shape index (κ1) is 16.6. The Morgan fingerprint density at radius 2 is 1.92 bits per heavy atom. The number of hydrogen-bond acceptors (Lipinski definition) is 2. The largest absolute Gasteiger partial charge is 0.305 e. The van der Waals surface area contributed by atoms with Gasteiger partial charge in [0.2, 0.25) is 0 Å². The zero-order chi connectivity index (χ0) is 18.4. The maximum atomic E-state index is 14.4. The summed E-state index contributed by atoms with van der Waals surface area (Å²) >= 11 is 0. The zero-order valence-electron chi connectivity index (χ0n) is 14.6. The number of aromatic nitrogens is 1. The summed E-state index contributed by atoms with van der Waals surface area (Å²) in [4.78, 5) is 19.1. The van der Waals surface area contributed by atoms with Crippen LogP contribution in [0.1, 0.15) is 33.6 Å². The fourth-order valence-corrected chi connectivity index (χ4v) is 3.61. The number of rotatable bonds is 1. The highest BCUT2D eigenvalue weighted by Crippen LogP contribution is 2.32. The first-order chi connectivity index (χ1) is 12.4. The van der Waals surface area contributed by atoms with Gasteiger partial charge in [-0.2, -0.15) is 0 Å². The highest BCUT2D eigenvalue weighted by molar-refractivity contribution is 6.09. The van der Waals surface area contributed by atoms with Crippen LogP contribution in [0, 0.1) is 25.5 Å². The maximum Gasteiger partial charge on any atom is 0.260 e. The summed E-state index contributed by atoms with van der Waals surface area (Å²) in [7, 11) is 0. The van der Waals surface area contributed by atoms with Crippen LogP contribution >= 0.6 is 0 Å². The molecule has 0 saturated heterocycles. The van der Waals surface area contributed by atoms with Gasteiger partial charge >= 0.3 is 0 Å². The first-order valence-corrected chi connectivity index (χ1v) is 8.62. The van der Waals surface area contributed by atoms with Crippen molar-refractivity contribution in [3.8, 4) is 0 Å². The van der Waals surface area contributed by atoms with Gasteiger partial charge in [0.05, 0.1) is 22.5 Å². The van der Waals surface area contributed by atoms with E-state index in [1.54, 1.807) is 6.92 Å². The molecule has 0 N–H and O–H groups in total. The first-order valence-electron chi connectivity index (χ1n) is 8.62. The Labute approximate surface area is 150 Å². The van der Waals surface area contributed by atoms with Gasteiger partial charge in [0.25, 0.3) is 5.91 Å². The Morgan fingerprint density at radius 1 is 1.12 bits per heavy atom. The number of carbonyl (C=O) groups is 1. The number of pyridine rings is 1. The fraction of sp³-hybridized carbons (Fsp3) is 0.238. The van der Waals surface area contributed by atoms with Crippen molar-refractivity contribution in [2.45, 2.75) is 26.7 Å². The second-order valence-electron chi connectivity index (χ2n) is 6.77. The molecule has 2 aromatic carbocycles. The van der Waals surface area contributed by atoms with Crippen LogP contribution in [0.25, 0.3) is 10.9 Å². The molecule has 1 aliphatic heterocycles. The lowest BCUT2D eigenvalue weighted by Gasteiger charge is -2.30. The molecule has 5 heteroatoms. The van der Waals surface area contributed by atoms with Crippen molar-refractivity contribution in [1.29, 1.82) is 0 Å². The lowest BCUT2D eigenvalue weighted by atomic mass is 9.99. The average molecular weight is 352 g/mol. The second kappa shape index (κ2) is 6.16. The lowest BCUT2D eigenvalue weighted by Crippen LogP contribution is -2.37. The molecule has 0 atom stereocenters. The van der Waals surface area contributed by atoms with E-state index in [0.29, 0.717) is 36.2 Å². The Balaban J connectivity index is 1.82. The lowest BCUT2D eigenvalue weighted by molar-refractivity contribution is 0.0983. The Morgan fingerprint density at radius 3 is 2.73 bits per heavy atom. The molecule has 0 unspecified atom stereocenters. The molecule has 1 aliphatic rings. The third kappa shape index (κ3) is 2.73. The van der Waals surface area contributed by atoms with Crippen molar-refractivity contribution in [3.63, 3.8) is 0 Å². The average Bonchev–Trinajstić information content (AvgIpc) is 2.60. The van der Waals surface area contributed by atoms with Crippen LogP contribution in [0.2, 0.25) is 0 Å². The number of nitrogens with zero attached hydrogens (tertiary/aromatic N) is 2. The molecule has 1 amide bonds. The number of aryl methyl sites for hydroxylation is 3. The van der Waals surface area contributed by atoms with Gasteiger partial charge in [-0.05, 0) is 56.5 Å². The monoisotopic (exact) mass is 352 g/mol. The van der Waals surface area contributed by atoms with E-state index in [1.807, 2.05) is 31.2 Å². The molecule has 3 nitrogen and oxygen atoms in total. The summed E-state index contributed by atoms with van der Waals surface area (Å²) in [5.74, 6) is -1.62. The molecule has 1 aromatic heterocycles. The quantitative estimate of drug-likeness (QED) is 0.635. The van der Waals surface area contributed by atoms with E-state index in [4.69, 9.17) is 0 Å². The minimum absolute atomic E-state index is 0.186. The van der Waals surface area contributed by atoms with Gasteiger partial charge in [-0.1, -0.05) is 11.6 Å². The van der Waals surface area contributed by atoms with E-state index in [9.17, 15) is 13.6 Å². The third-order valence-corrected chi connectivity index (χ3v) is 4.84. The van der Waals surface area contributed by atoms with E-state index < -0.39 is 11.6 Å². The van der Waals surface area contributed by atoms with E-state index in [-0.39, 0.29) is 11.6 Å². The molecule has 0 radical (unpaired) electrons. The minimum Gasteiger partial charge on any atom is -0.305 e. The van der Waals surface area contributed by atoms with Crippen molar-refractivity contribution < 1.29 is 13.6 Å². The fourth-order valence-electron chi connectivity index (χ4n) is 3.61. The van der Waals surface area contributed by atoms with Crippen molar-refractivity contribution in [1.82, 2.24) is 4.98 Å². The molecule has 4 rings (SSSR count). The summed E-state index contributed by atoms with van der Waals surface area (Å²) in [6, 6.07) is 9.82. The summed E-state index contributed by atoms with van der Waals surface area (Å²) in [5.41, 5.74) is 3.65. The minimum atomic E-state index is -0.699. The van der Waals surface area contributed by atoms with Gasteiger partial charge in [0.1, 0.15) is 11.6 Å². The Hall–Kier alpha value is -2.82. The molecule has 3 aromatic rings. The molecule has 26 heavy (non-hydrogen) atoms. The van der Waals surface area contributed by atoms with Crippen molar-refractivity contribution in [2.75, 3.05) is 11.4 Å². The number of benzene rings is 2. The van der Waals surface area contributed by atoms with Crippen LogP contribution in [-0.4, -0.2) is 17.4 Å². The van der Waals surface area contributed by atoms with Crippen molar-refractivity contribution in [2.24, 2.45) is 0 Å². The van der Waals surface area contributed by atoms with E-state index in [0.717, 1.165) is 22.5 Å². The van der Waals surface area contributed by atoms with Gasteiger partial charge in [-0.3, -0.25) is 9.78 Å². The molecular formula is C21H18F2N2O. The van der Waals surface area contributed by atoms with Crippen LogP contribution in [0.5, 0.6) is 0 Å². The third-order valence-electron chi connectivity index (χ3n) is 4.84. The van der Waals surface area contributed by atoms with E-state index >= 15 is 0 Å². The maximum absolute atomic E-state index is 14.4. The molecule has 0 fully saturated rings. The van der Waals surface area contributed by atoms with Crippen LogP contribution < -0.4 is 4.90 Å². The predicted molar refractivity (Wildman–Crippen MR) is 97.6 cm³/mol. The van der Waals surface area contributed by atoms with Crippen LogP contribution in [0.4, 0.5) is 14.5 Å². The summed E-state index contributed by atoms with van der Waals surface area (Å²) < 4.78 is 27.9. The van der Waals surface area contributed by atoms with Gasteiger partial charge < -0.3 is 4.90 Å². The standard InChI is InChI=1S/C21H18F2N2O/c1-12-5-6-19-15(8-12)10-17(13(2)24-19)21(26)25-7-3-4-14-9-16(22)11-18(23)20(14)25/h5-6,8-11H,3-4,7H2,1-2H3. The van der Waals surface area contributed by atoms with Crippen LogP contribution in [-0.2, 0) is 6.42 Å². The van der Waals surface area contributed by atoms with Gasteiger partial charge in [0.15, 0.2) is 0 Å². The normalized spacial score (nSPS) is 13.8. The smallest absolute Gasteiger partial charge is 0.260 e. The number of anilines is 1.